The molecule has 4 nitrogen and oxygen atoms in total. The summed E-state index contributed by atoms with van der Waals surface area (Å²) >= 11 is 1.43. The number of hydrogen-bond acceptors (Lipinski definition) is 4. The normalized spacial score (nSPS) is 9.43. The predicted molar refractivity (Wildman–Crippen MR) is 92.9 cm³/mol. The molecule has 116 valence electrons. The first-order valence-corrected chi connectivity index (χ1v) is 6.95. The Morgan fingerprint density at radius 1 is 1.29 bits per heavy atom. The fraction of sp³-hybridized carbons (Fsp3) is 0.286. The number of rotatable bonds is 5. The van der Waals surface area contributed by atoms with E-state index in [1.165, 1.54) is 11.3 Å². The molecule has 0 radical (unpaired) electrons. The van der Waals surface area contributed by atoms with Crippen LogP contribution >= 0.6 is 36.2 Å². The van der Waals surface area contributed by atoms with E-state index in [-0.39, 0.29) is 30.7 Å². The first-order valence-electron chi connectivity index (χ1n) is 6.13. The molecule has 1 amide bonds. The molecule has 2 aromatic rings. The Kier molecular flexibility index (Phi) is 9.21. The van der Waals surface area contributed by atoms with Crippen LogP contribution in [0.1, 0.15) is 9.67 Å². The summed E-state index contributed by atoms with van der Waals surface area (Å²) in [6.07, 6.45) is 1.66. The van der Waals surface area contributed by atoms with Gasteiger partial charge in [0, 0.05) is 25.7 Å². The first-order chi connectivity index (χ1) is 9.22. The largest absolute Gasteiger partial charge is 0.340 e. The summed E-state index contributed by atoms with van der Waals surface area (Å²) in [7, 11) is 3.68. The van der Waals surface area contributed by atoms with E-state index in [2.05, 4.69) is 10.3 Å². The highest BCUT2D eigenvalue weighted by Gasteiger charge is 2.15. The Morgan fingerprint density at radius 2 is 1.95 bits per heavy atom. The number of halogens is 2. The maximum atomic E-state index is 12.2. The molecule has 0 spiro atoms. The lowest BCUT2D eigenvalue weighted by Crippen LogP contribution is -2.32. The van der Waals surface area contributed by atoms with Crippen molar-refractivity contribution in [2.45, 2.75) is 0 Å². The zero-order valence-electron chi connectivity index (χ0n) is 11.9. The van der Waals surface area contributed by atoms with Crippen molar-refractivity contribution in [2.75, 3.05) is 27.2 Å². The minimum Gasteiger partial charge on any atom is -0.340 e. The van der Waals surface area contributed by atoms with Crippen molar-refractivity contribution in [2.24, 2.45) is 0 Å². The number of aromatic nitrogens is 1. The van der Waals surface area contributed by atoms with Crippen molar-refractivity contribution in [3.8, 4) is 10.6 Å². The molecule has 0 aliphatic carbocycles. The molecule has 1 aromatic carbocycles. The minimum absolute atomic E-state index is 0. The zero-order valence-corrected chi connectivity index (χ0v) is 14.4. The Bertz CT molecular complexity index is 548. The first kappa shape index (κ1) is 19.9. The number of likely N-dealkylation sites (N-methyl/N-ethyl adjacent to an activating group) is 2. The van der Waals surface area contributed by atoms with E-state index < -0.39 is 0 Å². The van der Waals surface area contributed by atoms with E-state index in [1.807, 2.05) is 44.4 Å². The van der Waals surface area contributed by atoms with Crippen LogP contribution in [0.4, 0.5) is 0 Å². The summed E-state index contributed by atoms with van der Waals surface area (Å²) < 4.78 is 0. The molecular formula is C14H19Cl2N3OS. The van der Waals surface area contributed by atoms with Gasteiger partial charge in [0.15, 0.2) is 0 Å². The van der Waals surface area contributed by atoms with Crippen LogP contribution in [0.5, 0.6) is 0 Å². The second kappa shape index (κ2) is 9.73. The van der Waals surface area contributed by atoms with Gasteiger partial charge in [-0.2, -0.15) is 0 Å². The smallest absolute Gasteiger partial charge is 0.265 e. The molecule has 21 heavy (non-hydrogen) atoms. The summed E-state index contributed by atoms with van der Waals surface area (Å²) in [5, 5.41) is 3.91. The van der Waals surface area contributed by atoms with Gasteiger partial charge < -0.3 is 10.2 Å². The van der Waals surface area contributed by atoms with Crippen LogP contribution in [0.15, 0.2) is 36.5 Å². The topological polar surface area (TPSA) is 45.2 Å². The van der Waals surface area contributed by atoms with Gasteiger partial charge in [0.05, 0.1) is 6.20 Å². The Labute approximate surface area is 141 Å². The van der Waals surface area contributed by atoms with Gasteiger partial charge in [0.25, 0.3) is 5.91 Å². The second-order valence-corrected chi connectivity index (χ2v) is 5.26. The molecule has 1 aromatic heterocycles. The van der Waals surface area contributed by atoms with Gasteiger partial charge in [-0.1, -0.05) is 30.3 Å². The Morgan fingerprint density at radius 3 is 2.57 bits per heavy atom. The number of thiazole rings is 1. The summed E-state index contributed by atoms with van der Waals surface area (Å²) in [5.74, 6) is 0.0231. The molecule has 0 bridgehead atoms. The third-order valence-corrected chi connectivity index (χ3v) is 3.82. The van der Waals surface area contributed by atoms with Crippen LogP contribution in [-0.4, -0.2) is 43.0 Å². The van der Waals surface area contributed by atoms with Crippen LogP contribution < -0.4 is 5.32 Å². The second-order valence-electron chi connectivity index (χ2n) is 4.23. The predicted octanol–water partition coefficient (Wildman–Crippen LogP) is 2.95. The number of benzene rings is 1. The molecular weight excluding hydrogens is 329 g/mol. The summed E-state index contributed by atoms with van der Waals surface area (Å²) in [4.78, 5) is 18.9. The van der Waals surface area contributed by atoms with Crippen molar-refractivity contribution in [3.63, 3.8) is 0 Å². The Balaban J connectivity index is 0.00000200. The van der Waals surface area contributed by atoms with Gasteiger partial charge in [0.1, 0.15) is 9.88 Å². The number of nitrogens with zero attached hydrogens (tertiary/aromatic N) is 2. The number of hydrogen-bond donors (Lipinski definition) is 1. The van der Waals surface area contributed by atoms with Gasteiger partial charge in [-0.25, -0.2) is 4.98 Å². The minimum atomic E-state index is 0. The number of nitrogens with one attached hydrogen (secondary N) is 1. The van der Waals surface area contributed by atoms with Crippen LogP contribution in [0, 0.1) is 0 Å². The number of carbonyl (C=O) groups excluding carboxylic acids is 1. The highest BCUT2D eigenvalue weighted by molar-refractivity contribution is 7.16. The molecule has 0 saturated heterocycles. The van der Waals surface area contributed by atoms with E-state index in [1.54, 1.807) is 11.1 Å². The fourth-order valence-electron chi connectivity index (χ4n) is 1.66. The van der Waals surface area contributed by atoms with Crippen molar-refractivity contribution in [3.05, 3.63) is 41.4 Å². The lowest BCUT2D eigenvalue weighted by molar-refractivity contribution is 0.0801. The summed E-state index contributed by atoms with van der Waals surface area (Å²) in [5.41, 5.74) is 1.05. The molecule has 2 rings (SSSR count). The molecule has 0 fully saturated rings. The molecule has 7 heteroatoms. The molecule has 0 atom stereocenters. The lowest BCUT2D eigenvalue weighted by Gasteiger charge is -2.15. The standard InChI is InChI=1S/C14H17N3OS.2ClH/c1-15-8-9-17(2)14(18)12-10-16-13(19-12)11-6-4-3-5-7-11;;/h3-7,10,15H,8-9H2,1-2H3;2*1H. The van der Waals surface area contributed by atoms with Crippen LogP contribution in [-0.2, 0) is 0 Å². The van der Waals surface area contributed by atoms with Crippen LogP contribution in [0.3, 0.4) is 0 Å². The van der Waals surface area contributed by atoms with Crippen molar-refractivity contribution >= 4 is 42.1 Å². The highest BCUT2D eigenvalue weighted by atomic mass is 35.5. The Hall–Kier alpha value is -1.14. The van der Waals surface area contributed by atoms with E-state index >= 15 is 0 Å². The van der Waals surface area contributed by atoms with Gasteiger partial charge in [-0.05, 0) is 7.05 Å². The van der Waals surface area contributed by atoms with E-state index in [0.29, 0.717) is 11.4 Å². The van der Waals surface area contributed by atoms with E-state index in [0.717, 1.165) is 17.1 Å². The average molecular weight is 348 g/mol. The maximum absolute atomic E-state index is 12.2. The molecule has 1 heterocycles. The maximum Gasteiger partial charge on any atom is 0.265 e. The number of amides is 1. The van der Waals surface area contributed by atoms with Gasteiger partial charge in [-0.3, -0.25) is 4.79 Å². The van der Waals surface area contributed by atoms with Crippen molar-refractivity contribution in [1.29, 1.82) is 0 Å². The highest BCUT2D eigenvalue weighted by Crippen LogP contribution is 2.25. The van der Waals surface area contributed by atoms with E-state index in [9.17, 15) is 4.79 Å². The molecule has 1 N–H and O–H groups in total. The average Bonchev–Trinajstić information content (AvgIpc) is 2.94. The van der Waals surface area contributed by atoms with Crippen molar-refractivity contribution in [1.82, 2.24) is 15.2 Å². The van der Waals surface area contributed by atoms with Gasteiger partial charge >= 0.3 is 0 Å². The van der Waals surface area contributed by atoms with Gasteiger partial charge in [-0.15, -0.1) is 36.2 Å². The van der Waals surface area contributed by atoms with E-state index in [4.69, 9.17) is 0 Å². The van der Waals surface area contributed by atoms with Crippen LogP contribution in [0.25, 0.3) is 10.6 Å². The van der Waals surface area contributed by atoms with Crippen molar-refractivity contribution < 1.29 is 4.79 Å². The SMILES string of the molecule is CNCCN(C)C(=O)c1cnc(-c2ccccc2)s1.Cl.Cl. The lowest BCUT2D eigenvalue weighted by atomic mass is 10.2. The van der Waals surface area contributed by atoms with Gasteiger partial charge in [0.2, 0.25) is 0 Å². The quantitative estimate of drug-likeness (QED) is 0.904. The number of carbonyl (C=O) groups is 1. The molecule has 0 aliphatic heterocycles. The molecule has 0 aliphatic rings. The molecule has 0 saturated carbocycles. The van der Waals surface area contributed by atoms with Crippen LogP contribution in [0.2, 0.25) is 0 Å². The zero-order chi connectivity index (χ0) is 13.7. The fourth-order valence-corrected chi connectivity index (χ4v) is 2.57. The molecule has 0 unspecified atom stereocenters. The summed E-state index contributed by atoms with van der Waals surface area (Å²) in [6, 6.07) is 9.90. The third kappa shape index (κ3) is 5.28. The summed E-state index contributed by atoms with van der Waals surface area (Å²) in [6.45, 7) is 1.47. The third-order valence-electron chi connectivity index (χ3n) is 2.78. The monoisotopic (exact) mass is 347 g/mol.